The zero-order valence-electron chi connectivity index (χ0n) is 14.4. The second kappa shape index (κ2) is 7.31. The first kappa shape index (κ1) is 16.2. The average molecular weight is 344 g/mol. The highest BCUT2D eigenvalue weighted by molar-refractivity contribution is 5.98. The van der Waals surface area contributed by atoms with Gasteiger partial charge in [0.1, 0.15) is 11.5 Å². The lowest BCUT2D eigenvalue weighted by atomic mass is 10.2. The molecule has 0 spiro atoms. The Bertz CT molecular complexity index is 909. The van der Waals surface area contributed by atoms with Crippen molar-refractivity contribution in [1.29, 1.82) is 0 Å². The molecule has 4 nitrogen and oxygen atoms in total. The lowest BCUT2D eigenvalue weighted by molar-refractivity contribution is -0.116. The van der Waals surface area contributed by atoms with Crippen LogP contribution >= 0.6 is 0 Å². The van der Waals surface area contributed by atoms with E-state index in [0.717, 1.165) is 35.8 Å². The maximum absolute atomic E-state index is 12.6. The summed E-state index contributed by atoms with van der Waals surface area (Å²) in [5.41, 5.74) is 3.12. The van der Waals surface area contributed by atoms with E-state index >= 15 is 0 Å². The third-order valence-corrected chi connectivity index (χ3v) is 4.44. The molecule has 0 aliphatic carbocycles. The quantitative estimate of drug-likeness (QED) is 0.742. The highest BCUT2D eigenvalue weighted by Gasteiger charge is 2.23. The standard InChI is InChI=1S/C22H20N2O2/c25-22(24-14-13-17-7-4-5-12-21(17)24)16-23-18-8-6-11-20(15-18)26-19-9-2-1-3-10-19/h1-12,15,23H,13-14,16H2. The summed E-state index contributed by atoms with van der Waals surface area (Å²) in [7, 11) is 0. The minimum atomic E-state index is 0.0735. The Kier molecular flexibility index (Phi) is 4.56. The van der Waals surface area contributed by atoms with E-state index in [1.54, 1.807) is 0 Å². The molecule has 1 heterocycles. The van der Waals surface area contributed by atoms with Crippen LogP contribution in [0.1, 0.15) is 5.56 Å². The van der Waals surface area contributed by atoms with Gasteiger partial charge in [-0.2, -0.15) is 0 Å². The molecule has 0 unspecified atom stereocenters. The third kappa shape index (κ3) is 3.54. The Hall–Kier alpha value is -3.27. The Morgan fingerprint density at radius 1 is 0.923 bits per heavy atom. The number of nitrogens with one attached hydrogen (secondary N) is 1. The first-order valence-electron chi connectivity index (χ1n) is 8.75. The van der Waals surface area contributed by atoms with Crippen LogP contribution in [0.2, 0.25) is 0 Å². The molecule has 26 heavy (non-hydrogen) atoms. The Labute approximate surface area is 153 Å². The van der Waals surface area contributed by atoms with Crippen LogP contribution in [0.15, 0.2) is 78.9 Å². The number of carbonyl (C=O) groups excluding carboxylic acids is 1. The smallest absolute Gasteiger partial charge is 0.246 e. The van der Waals surface area contributed by atoms with Crippen LogP contribution in [0, 0.1) is 0 Å². The zero-order chi connectivity index (χ0) is 17.8. The monoisotopic (exact) mass is 344 g/mol. The van der Waals surface area contributed by atoms with Crippen molar-refractivity contribution in [3.8, 4) is 11.5 Å². The molecule has 130 valence electrons. The fourth-order valence-corrected chi connectivity index (χ4v) is 3.16. The summed E-state index contributed by atoms with van der Waals surface area (Å²) in [6.07, 6.45) is 0.919. The van der Waals surface area contributed by atoms with Crippen molar-refractivity contribution in [2.75, 3.05) is 23.3 Å². The van der Waals surface area contributed by atoms with Gasteiger partial charge in [0, 0.05) is 24.0 Å². The normalized spacial score (nSPS) is 12.5. The number of hydrogen-bond acceptors (Lipinski definition) is 3. The summed E-state index contributed by atoms with van der Waals surface area (Å²) in [5, 5.41) is 3.21. The fraction of sp³-hybridized carbons (Fsp3) is 0.136. The van der Waals surface area contributed by atoms with Crippen molar-refractivity contribution in [2.24, 2.45) is 0 Å². The van der Waals surface area contributed by atoms with Gasteiger partial charge < -0.3 is 15.0 Å². The molecule has 0 fully saturated rings. The third-order valence-electron chi connectivity index (χ3n) is 4.44. The molecule has 4 rings (SSSR count). The van der Waals surface area contributed by atoms with E-state index < -0.39 is 0 Å². The zero-order valence-corrected chi connectivity index (χ0v) is 14.4. The van der Waals surface area contributed by atoms with Crippen LogP contribution in [0.25, 0.3) is 0 Å². The predicted octanol–water partition coefficient (Wildman–Crippen LogP) is 4.48. The van der Waals surface area contributed by atoms with Crippen LogP contribution < -0.4 is 15.0 Å². The van der Waals surface area contributed by atoms with Crippen molar-refractivity contribution in [3.63, 3.8) is 0 Å². The van der Waals surface area contributed by atoms with Crippen LogP contribution in [-0.4, -0.2) is 19.0 Å². The number of anilines is 2. The number of para-hydroxylation sites is 2. The van der Waals surface area contributed by atoms with Crippen LogP contribution in [-0.2, 0) is 11.2 Å². The van der Waals surface area contributed by atoms with E-state index in [-0.39, 0.29) is 12.5 Å². The summed E-state index contributed by atoms with van der Waals surface area (Å²) < 4.78 is 5.84. The number of nitrogens with zero attached hydrogens (tertiary/aromatic N) is 1. The average Bonchev–Trinajstić information content (AvgIpc) is 3.11. The van der Waals surface area contributed by atoms with Crippen molar-refractivity contribution in [3.05, 3.63) is 84.4 Å². The van der Waals surface area contributed by atoms with Crippen molar-refractivity contribution < 1.29 is 9.53 Å². The number of carbonyl (C=O) groups is 1. The summed E-state index contributed by atoms with van der Waals surface area (Å²) >= 11 is 0. The van der Waals surface area contributed by atoms with Gasteiger partial charge in [-0.25, -0.2) is 0 Å². The number of ether oxygens (including phenoxy) is 1. The van der Waals surface area contributed by atoms with Crippen molar-refractivity contribution in [1.82, 2.24) is 0 Å². The summed E-state index contributed by atoms with van der Waals surface area (Å²) in [6.45, 7) is 1.00. The molecule has 1 N–H and O–H groups in total. The minimum absolute atomic E-state index is 0.0735. The van der Waals surface area contributed by atoms with Crippen molar-refractivity contribution >= 4 is 17.3 Å². The summed E-state index contributed by atoms with van der Waals surface area (Å²) in [6, 6.07) is 25.4. The number of hydrogen-bond donors (Lipinski definition) is 1. The molecule has 0 saturated carbocycles. The van der Waals surface area contributed by atoms with Gasteiger partial charge in [-0.1, -0.05) is 42.5 Å². The minimum Gasteiger partial charge on any atom is -0.457 e. The molecule has 3 aromatic carbocycles. The first-order valence-corrected chi connectivity index (χ1v) is 8.75. The van der Waals surface area contributed by atoms with Gasteiger partial charge in [-0.15, -0.1) is 0 Å². The van der Waals surface area contributed by atoms with Gasteiger partial charge in [0.25, 0.3) is 0 Å². The van der Waals surface area contributed by atoms with E-state index in [2.05, 4.69) is 11.4 Å². The maximum atomic E-state index is 12.6. The number of benzene rings is 3. The van der Waals surface area contributed by atoms with Gasteiger partial charge in [-0.3, -0.25) is 4.79 Å². The van der Waals surface area contributed by atoms with E-state index in [0.29, 0.717) is 0 Å². The molecule has 1 amide bonds. The lowest BCUT2D eigenvalue weighted by Crippen LogP contribution is -2.34. The molecule has 0 radical (unpaired) electrons. The molecule has 1 aliphatic rings. The topological polar surface area (TPSA) is 41.6 Å². The molecular weight excluding hydrogens is 324 g/mol. The molecule has 0 atom stereocenters. The second-order valence-electron chi connectivity index (χ2n) is 6.22. The van der Waals surface area contributed by atoms with Crippen molar-refractivity contribution in [2.45, 2.75) is 6.42 Å². The van der Waals surface area contributed by atoms with Gasteiger partial charge in [-0.05, 0) is 42.3 Å². The van der Waals surface area contributed by atoms with E-state index in [4.69, 9.17) is 4.74 Å². The van der Waals surface area contributed by atoms with Gasteiger partial charge in [0.05, 0.1) is 6.54 Å². The molecule has 4 heteroatoms. The van der Waals surface area contributed by atoms with E-state index in [1.807, 2.05) is 77.7 Å². The second-order valence-corrected chi connectivity index (χ2v) is 6.22. The summed E-state index contributed by atoms with van der Waals surface area (Å²) in [4.78, 5) is 14.4. The SMILES string of the molecule is O=C(CNc1cccc(Oc2ccccc2)c1)N1CCc2ccccc21. The maximum Gasteiger partial charge on any atom is 0.246 e. The highest BCUT2D eigenvalue weighted by Crippen LogP contribution is 2.28. The van der Waals surface area contributed by atoms with E-state index in [1.165, 1.54) is 5.56 Å². The number of fused-ring (bicyclic) bond motifs is 1. The molecule has 0 saturated heterocycles. The highest BCUT2D eigenvalue weighted by atomic mass is 16.5. The molecule has 0 aromatic heterocycles. The first-order chi connectivity index (χ1) is 12.8. The van der Waals surface area contributed by atoms with Crippen LogP contribution in [0.3, 0.4) is 0 Å². The molecule has 1 aliphatic heterocycles. The van der Waals surface area contributed by atoms with E-state index in [9.17, 15) is 4.79 Å². The molecular formula is C22H20N2O2. The lowest BCUT2D eigenvalue weighted by Gasteiger charge is -2.18. The molecule has 0 bridgehead atoms. The largest absolute Gasteiger partial charge is 0.457 e. The Balaban J connectivity index is 1.39. The number of rotatable bonds is 5. The Morgan fingerprint density at radius 3 is 2.58 bits per heavy atom. The summed E-state index contributed by atoms with van der Waals surface area (Å²) in [5.74, 6) is 1.60. The van der Waals surface area contributed by atoms with Gasteiger partial charge >= 0.3 is 0 Å². The van der Waals surface area contributed by atoms with Crippen LogP contribution in [0.5, 0.6) is 11.5 Å². The Morgan fingerprint density at radius 2 is 1.69 bits per heavy atom. The van der Waals surface area contributed by atoms with Gasteiger partial charge in [0.2, 0.25) is 5.91 Å². The van der Waals surface area contributed by atoms with Crippen LogP contribution in [0.4, 0.5) is 11.4 Å². The fourth-order valence-electron chi connectivity index (χ4n) is 3.16. The predicted molar refractivity (Wildman–Crippen MR) is 104 cm³/mol. The number of amides is 1. The van der Waals surface area contributed by atoms with Gasteiger partial charge in [0.15, 0.2) is 0 Å². The molecule has 3 aromatic rings.